The van der Waals surface area contributed by atoms with Crippen molar-refractivity contribution >= 4 is 23.6 Å². The number of nitrogens with zero attached hydrogens (tertiary/aromatic N) is 2. The zero-order valence-corrected chi connectivity index (χ0v) is 18.6. The van der Waals surface area contributed by atoms with Crippen LogP contribution in [-0.4, -0.2) is 44.3 Å². The van der Waals surface area contributed by atoms with Crippen LogP contribution in [0.2, 0.25) is 0 Å². The fourth-order valence-corrected chi connectivity index (χ4v) is 3.76. The maximum Gasteiger partial charge on any atom is 0.355 e. The molecule has 1 heterocycles. The van der Waals surface area contributed by atoms with Gasteiger partial charge in [-0.3, -0.25) is 4.90 Å². The van der Waals surface area contributed by atoms with Gasteiger partial charge in [-0.15, -0.1) is 0 Å². The lowest BCUT2D eigenvalue weighted by molar-refractivity contribution is -0.139. The van der Waals surface area contributed by atoms with Crippen molar-refractivity contribution in [2.75, 3.05) is 26.2 Å². The number of anilines is 1. The Labute approximate surface area is 195 Å². The second-order valence-electron chi connectivity index (χ2n) is 7.03. The van der Waals surface area contributed by atoms with Gasteiger partial charge in [0, 0.05) is 0 Å². The Morgan fingerprint density at radius 3 is 2.21 bits per heavy atom. The number of hydrogen-bond acceptors (Lipinski definition) is 9. The Balaban J connectivity index is 2.48. The van der Waals surface area contributed by atoms with Gasteiger partial charge < -0.3 is 25.1 Å². The Bertz CT molecular complexity index is 1260. The second-order valence-corrected chi connectivity index (χ2v) is 7.03. The summed E-state index contributed by atoms with van der Waals surface area (Å²) in [5.41, 5.74) is 6.21. The molecule has 34 heavy (non-hydrogen) atoms. The molecule has 0 radical (unpaired) electrons. The molecule has 0 bridgehead atoms. The molecular weight excluding hydrogens is 442 g/mol. The molecule has 174 valence electrons. The minimum Gasteiger partial charge on any atom is -0.495 e. The highest BCUT2D eigenvalue weighted by Gasteiger charge is 2.43. The molecule has 0 amide bonds. The van der Waals surface area contributed by atoms with E-state index in [0.717, 1.165) is 19.1 Å². The van der Waals surface area contributed by atoms with Gasteiger partial charge in [0.05, 0.1) is 55.7 Å². The molecule has 0 saturated heterocycles. The van der Waals surface area contributed by atoms with E-state index in [9.17, 15) is 24.8 Å². The lowest BCUT2D eigenvalue weighted by atomic mass is 9.81. The Hall–Kier alpha value is -4.78. The molecule has 3 N–H and O–H groups in total. The monoisotopic (exact) mass is 463 g/mol. The van der Waals surface area contributed by atoms with Gasteiger partial charge >= 0.3 is 17.9 Å². The molecule has 0 aromatic heterocycles. The van der Waals surface area contributed by atoms with Crippen LogP contribution in [0.4, 0.5) is 5.69 Å². The van der Waals surface area contributed by atoms with Crippen LogP contribution in [0.15, 0.2) is 71.2 Å². The fourth-order valence-electron chi connectivity index (χ4n) is 3.76. The highest BCUT2D eigenvalue weighted by molar-refractivity contribution is 6.07. The van der Waals surface area contributed by atoms with Crippen LogP contribution in [0.25, 0.3) is 0 Å². The number of esters is 2. The smallest absolute Gasteiger partial charge is 0.355 e. The van der Waals surface area contributed by atoms with E-state index in [0.29, 0.717) is 5.56 Å². The number of methoxy groups -OCH3 is 3. The van der Waals surface area contributed by atoms with Crippen LogP contribution in [0, 0.1) is 11.3 Å². The van der Waals surface area contributed by atoms with Crippen LogP contribution in [0.5, 0.6) is 5.75 Å². The molecule has 3 rings (SSSR count). The Morgan fingerprint density at radius 2 is 1.68 bits per heavy atom. The van der Waals surface area contributed by atoms with E-state index < -0.39 is 23.8 Å². The number of allylic oxidation sites excluding steroid dienone is 1. The number of carbonyl (C=O) groups is 3. The van der Waals surface area contributed by atoms with E-state index >= 15 is 0 Å². The number of aromatic carboxylic acids is 1. The van der Waals surface area contributed by atoms with Crippen LogP contribution in [-0.2, 0) is 19.1 Å². The largest absolute Gasteiger partial charge is 0.495 e. The molecule has 1 atom stereocenters. The first kappa shape index (κ1) is 23.9. The minimum atomic E-state index is -1.25. The molecule has 1 unspecified atom stereocenters. The molecule has 2 aromatic rings. The third-order valence-electron chi connectivity index (χ3n) is 5.28. The molecule has 0 spiro atoms. The molecule has 2 aromatic carbocycles. The van der Waals surface area contributed by atoms with Crippen LogP contribution in [0.3, 0.4) is 0 Å². The summed E-state index contributed by atoms with van der Waals surface area (Å²) in [6.07, 6.45) is 0. The van der Waals surface area contributed by atoms with Crippen LogP contribution >= 0.6 is 0 Å². The van der Waals surface area contributed by atoms with Gasteiger partial charge in [-0.1, -0.05) is 30.3 Å². The van der Waals surface area contributed by atoms with Crippen molar-refractivity contribution < 1.29 is 33.7 Å². The van der Waals surface area contributed by atoms with Gasteiger partial charge in [0.25, 0.3) is 0 Å². The summed E-state index contributed by atoms with van der Waals surface area (Å²) < 4.78 is 15.3. The lowest BCUT2D eigenvalue weighted by Gasteiger charge is -2.36. The minimum absolute atomic E-state index is 0.0148. The maximum absolute atomic E-state index is 13.1. The average molecular weight is 463 g/mol. The number of carboxylic acids is 1. The number of rotatable bonds is 6. The van der Waals surface area contributed by atoms with Crippen molar-refractivity contribution in [3.8, 4) is 11.8 Å². The van der Waals surface area contributed by atoms with E-state index in [4.69, 9.17) is 19.9 Å². The van der Waals surface area contributed by atoms with E-state index in [1.807, 2.05) is 6.07 Å². The van der Waals surface area contributed by atoms with E-state index in [1.165, 1.54) is 25.3 Å². The Morgan fingerprint density at radius 1 is 1.03 bits per heavy atom. The number of nitriles is 1. The number of benzene rings is 2. The molecule has 1 aliphatic rings. The molecule has 0 aliphatic carbocycles. The predicted octanol–water partition coefficient (Wildman–Crippen LogP) is 2.29. The van der Waals surface area contributed by atoms with E-state index in [-0.39, 0.29) is 39.7 Å². The zero-order valence-electron chi connectivity index (χ0n) is 18.6. The molecule has 0 fully saturated rings. The topological polar surface area (TPSA) is 152 Å². The molecule has 10 nitrogen and oxygen atoms in total. The van der Waals surface area contributed by atoms with Crippen LogP contribution < -0.4 is 15.4 Å². The number of hydrogen-bond donors (Lipinski definition) is 2. The highest BCUT2D eigenvalue weighted by atomic mass is 16.5. The number of carboxylic acid groups (broad SMARTS) is 1. The third-order valence-corrected chi connectivity index (χ3v) is 5.28. The van der Waals surface area contributed by atoms with E-state index in [2.05, 4.69) is 0 Å². The summed E-state index contributed by atoms with van der Waals surface area (Å²) in [6, 6.07) is 14.4. The zero-order chi connectivity index (χ0) is 25.0. The second kappa shape index (κ2) is 9.79. The summed E-state index contributed by atoms with van der Waals surface area (Å²) >= 11 is 0. The van der Waals surface area contributed by atoms with Gasteiger partial charge in [0.15, 0.2) is 0 Å². The summed E-state index contributed by atoms with van der Waals surface area (Å²) in [5.74, 6) is -4.21. The quantitative estimate of drug-likeness (QED) is 0.610. The van der Waals surface area contributed by atoms with E-state index in [1.54, 1.807) is 30.3 Å². The van der Waals surface area contributed by atoms with Crippen molar-refractivity contribution in [1.82, 2.24) is 0 Å². The van der Waals surface area contributed by atoms with Crippen molar-refractivity contribution in [3.63, 3.8) is 0 Å². The number of nitrogens with two attached hydrogens (primary N) is 1. The van der Waals surface area contributed by atoms with Crippen molar-refractivity contribution in [3.05, 3.63) is 82.3 Å². The molecular formula is C24H21N3O7. The first-order valence-electron chi connectivity index (χ1n) is 9.87. The standard InChI is InChI=1S/C24H21N3O7/c1-32-17-10-9-14(22(28)29)11-16(17)27-20(24(31)34-3)19(23(30)33-2)18(15(12-25)21(27)26)13-7-5-4-6-8-13/h4-11,18H,26H2,1-3H3,(H,28,29). The summed E-state index contributed by atoms with van der Waals surface area (Å²) in [5, 5.41) is 19.5. The summed E-state index contributed by atoms with van der Waals surface area (Å²) in [7, 11) is 3.59. The summed E-state index contributed by atoms with van der Waals surface area (Å²) in [6.45, 7) is 0. The molecule has 1 aliphatic heterocycles. The third kappa shape index (κ3) is 4.02. The first-order chi connectivity index (χ1) is 16.3. The van der Waals surface area contributed by atoms with Gasteiger partial charge in [0.1, 0.15) is 17.3 Å². The average Bonchev–Trinajstić information content (AvgIpc) is 2.86. The summed E-state index contributed by atoms with van der Waals surface area (Å²) in [4.78, 5) is 38.8. The number of carbonyl (C=O) groups excluding carboxylic acids is 2. The predicted molar refractivity (Wildman–Crippen MR) is 119 cm³/mol. The normalized spacial score (nSPS) is 15.5. The SMILES string of the molecule is COC(=O)C1=C(C(=O)OC)N(c2cc(C(=O)O)ccc2OC)C(N)=C(C#N)C1c1ccccc1. The van der Waals surface area contributed by atoms with Gasteiger partial charge in [-0.25, -0.2) is 14.4 Å². The molecule has 0 saturated carbocycles. The van der Waals surface area contributed by atoms with Crippen molar-refractivity contribution in [2.24, 2.45) is 5.73 Å². The van der Waals surface area contributed by atoms with Crippen molar-refractivity contribution in [1.29, 1.82) is 5.26 Å². The Kier molecular flexibility index (Phi) is 6.87. The van der Waals surface area contributed by atoms with Crippen molar-refractivity contribution in [2.45, 2.75) is 5.92 Å². The van der Waals surface area contributed by atoms with Gasteiger partial charge in [-0.2, -0.15) is 5.26 Å². The number of ether oxygens (including phenoxy) is 3. The first-order valence-corrected chi connectivity index (χ1v) is 9.87. The van der Waals surface area contributed by atoms with Gasteiger partial charge in [0.2, 0.25) is 0 Å². The maximum atomic E-state index is 13.1. The molecule has 10 heteroatoms. The van der Waals surface area contributed by atoms with Gasteiger partial charge in [-0.05, 0) is 23.8 Å². The van der Waals surface area contributed by atoms with Crippen LogP contribution in [0.1, 0.15) is 21.8 Å². The fraction of sp³-hybridized carbons (Fsp3) is 0.167. The lowest BCUT2D eigenvalue weighted by Crippen LogP contribution is -2.41. The highest BCUT2D eigenvalue weighted by Crippen LogP contribution is 2.45.